The lowest BCUT2D eigenvalue weighted by molar-refractivity contribution is -0.119. The van der Waals surface area contributed by atoms with Gasteiger partial charge in [-0.05, 0) is 30.5 Å². The summed E-state index contributed by atoms with van der Waals surface area (Å²) in [6.07, 6.45) is 1.81. The number of carbonyl (C=O) groups is 1. The lowest BCUT2D eigenvalue weighted by Gasteiger charge is -2.09. The number of amides is 1. The van der Waals surface area contributed by atoms with E-state index in [1.807, 2.05) is 61.5 Å². The molecule has 4 heteroatoms. The van der Waals surface area contributed by atoms with E-state index in [9.17, 15) is 4.79 Å². The molecule has 0 saturated carbocycles. The largest absolute Gasteiger partial charge is 0.376 e. The first kappa shape index (κ1) is 16.7. The second kappa shape index (κ2) is 8.73. The Bertz CT molecular complexity index is 665. The van der Waals surface area contributed by atoms with Gasteiger partial charge in [0, 0.05) is 5.69 Å². The van der Waals surface area contributed by atoms with Crippen molar-refractivity contribution in [1.82, 2.24) is 5.43 Å². The number of benzene rings is 2. The molecule has 4 nitrogen and oxygen atoms in total. The van der Waals surface area contributed by atoms with E-state index in [2.05, 4.69) is 22.8 Å². The number of para-hydroxylation sites is 1. The lowest BCUT2D eigenvalue weighted by Crippen LogP contribution is -2.27. The van der Waals surface area contributed by atoms with Crippen molar-refractivity contribution in [2.24, 2.45) is 5.10 Å². The molecule has 0 heterocycles. The van der Waals surface area contributed by atoms with E-state index in [4.69, 9.17) is 0 Å². The van der Waals surface area contributed by atoms with Crippen LogP contribution in [0.4, 0.5) is 5.69 Å². The highest BCUT2D eigenvalue weighted by molar-refractivity contribution is 6.01. The van der Waals surface area contributed by atoms with Gasteiger partial charge in [0.1, 0.15) is 0 Å². The Morgan fingerprint density at radius 2 is 1.74 bits per heavy atom. The molecule has 0 fully saturated rings. The fraction of sp³-hybridized carbons (Fsp3) is 0.263. The molecule has 0 saturated heterocycles. The van der Waals surface area contributed by atoms with E-state index in [0.717, 1.165) is 35.4 Å². The Hall–Kier alpha value is -2.62. The van der Waals surface area contributed by atoms with Crippen molar-refractivity contribution < 1.29 is 4.79 Å². The van der Waals surface area contributed by atoms with Gasteiger partial charge in [-0.2, -0.15) is 5.10 Å². The van der Waals surface area contributed by atoms with Crippen LogP contribution in [0.1, 0.15) is 30.9 Å². The van der Waals surface area contributed by atoms with E-state index in [1.54, 1.807) is 0 Å². The predicted octanol–water partition coefficient (Wildman–Crippen LogP) is 3.73. The number of anilines is 1. The van der Waals surface area contributed by atoms with E-state index in [1.165, 1.54) is 0 Å². The van der Waals surface area contributed by atoms with Gasteiger partial charge in [0.15, 0.2) is 0 Å². The highest BCUT2D eigenvalue weighted by atomic mass is 16.2. The van der Waals surface area contributed by atoms with E-state index in [0.29, 0.717) is 0 Å². The van der Waals surface area contributed by atoms with Crippen LogP contribution in [0.25, 0.3) is 0 Å². The standard InChI is InChI=1S/C19H23N3O/c1-3-9-18(16-11-5-4-6-12-16)21-22-19(23)14-20-17-13-8-7-10-15(17)2/h4-8,10-13,20H,3,9,14H2,1-2H3,(H,22,23). The third kappa shape index (κ3) is 5.25. The van der Waals surface area contributed by atoms with Crippen molar-refractivity contribution in [3.63, 3.8) is 0 Å². The Labute approximate surface area is 137 Å². The Kier molecular flexibility index (Phi) is 6.36. The predicted molar refractivity (Wildman–Crippen MR) is 95.7 cm³/mol. The molecule has 0 unspecified atom stereocenters. The topological polar surface area (TPSA) is 53.5 Å². The molecule has 2 aromatic carbocycles. The number of nitrogens with one attached hydrogen (secondary N) is 2. The minimum atomic E-state index is -0.155. The van der Waals surface area contributed by atoms with Gasteiger partial charge in [-0.1, -0.05) is 61.9 Å². The van der Waals surface area contributed by atoms with Crippen LogP contribution in [0.2, 0.25) is 0 Å². The number of hydrogen-bond acceptors (Lipinski definition) is 3. The van der Waals surface area contributed by atoms with Crippen molar-refractivity contribution in [3.05, 3.63) is 65.7 Å². The molecule has 0 spiro atoms. The molecule has 2 rings (SSSR count). The maximum Gasteiger partial charge on any atom is 0.259 e. The zero-order chi connectivity index (χ0) is 16.5. The summed E-state index contributed by atoms with van der Waals surface area (Å²) in [5.74, 6) is -0.155. The summed E-state index contributed by atoms with van der Waals surface area (Å²) in [6, 6.07) is 17.8. The molecule has 0 aliphatic carbocycles. The van der Waals surface area contributed by atoms with Crippen LogP contribution in [-0.2, 0) is 4.79 Å². The fourth-order valence-electron chi connectivity index (χ4n) is 2.25. The first-order valence-corrected chi connectivity index (χ1v) is 7.91. The SMILES string of the molecule is CCCC(=NNC(=O)CNc1ccccc1C)c1ccccc1. The summed E-state index contributed by atoms with van der Waals surface area (Å²) in [4.78, 5) is 12.0. The van der Waals surface area contributed by atoms with Crippen LogP contribution in [-0.4, -0.2) is 18.2 Å². The molecule has 0 radical (unpaired) electrons. The zero-order valence-electron chi connectivity index (χ0n) is 13.7. The number of aryl methyl sites for hydroxylation is 1. The molecule has 0 aliphatic rings. The monoisotopic (exact) mass is 309 g/mol. The number of hydrazone groups is 1. The quantitative estimate of drug-likeness (QED) is 0.605. The second-order valence-electron chi connectivity index (χ2n) is 5.38. The average molecular weight is 309 g/mol. The highest BCUT2D eigenvalue weighted by Gasteiger charge is 2.05. The molecule has 1 amide bonds. The molecular weight excluding hydrogens is 286 g/mol. The van der Waals surface area contributed by atoms with E-state index in [-0.39, 0.29) is 12.5 Å². The summed E-state index contributed by atoms with van der Waals surface area (Å²) in [6.45, 7) is 4.30. The van der Waals surface area contributed by atoms with Gasteiger partial charge in [0.05, 0.1) is 12.3 Å². The maximum absolute atomic E-state index is 12.0. The van der Waals surface area contributed by atoms with Crippen LogP contribution in [0.3, 0.4) is 0 Å². The molecular formula is C19H23N3O. The summed E-state index contributed by atoms with van der Waals surface area (Å²) in [5, 5.41) is 7.42. The van der Waals surface area contributed by atoms with Gasteiger partial charge in [0.2, 0.25) is 0 Å². The number of hydrogen-bond donors (Lipinski definition) is 2. The van der Waals surface area contributed by atoms with Crippen molar-refractivity contribution >= 4 is 17.3 Å². The van der Waals surface area contributed by atoms with Gasteiger partial charge in [-0.15, -0.1) is 0 Å². The molecule has 2 aromatic rings. The van der Waals surface area contributed by atoms with Gasteiger partial charge in [-0.25, -0.2) is 5.43 Å². The van der Waals surface area contributed by atoms with E-state index >= 15 is 0 Å². The van der Waals surface area contributed by atoms with Crippen molar-refractivity contribution in [2.45, 2.75) is 26.7 Å². The molecule has 2 N–H and O–H groups in total. The average Bonchev–Trinajstić information content (AvgIpc) is 2.58. The molecule has 0 bridgehead atoms. The van der Waals surface area contributed by atoms with Crippen molar-refractivity contribution in [3.8, 4) is 0 Å². The third-order valence-corrected chi connectivity index (χ3v) is 3.49. The number of nitrogens with zero attached hydrogens (tertiary/aromatic N) is 1. The minimum Gasteiger partial charge on any atom is -0.376 e. The minimum absolute atomic E-state index is 0.155. The highest BCUT2D eigenvalue weighted by Crippen LogP contribution is 2.12. The van der Waals surface area contributed by atoms with Crippen LogP contribution < -0.4 is 10.7 Å². The van der Waals surface area contributed by atoms with E-state index < -0.39 is 0 Å². The Morgan fingerprint density at radius 3 is 2.43 bits per heavy atom. The van der Waals surface area contributed by atoms with Gasteiger partial charge in [0.25, 0.3) is 5.91 Å². The van der Waals surface area contributed by atoms with Crippen LogP contribution >= 0.6 is 0 Å². The number of rotatable bonds is 7. The van der Waals surface area contributed by atoms with Crippen molar-refractivity contribution in [1.29, 1.82) is 0 Å². The normalized spacial score (nSPS) is 11.1. The van der Waals surface area contributed by atoms with Crippen LogP contribution in [0.15, 0.2) is 59.7 Å². The first-order valence-electron chi connectivity index (χ1n) is 7.91. The van der Waals surface area contributed by atoms with Crippen molar-refractivity contribution in [2.75, 3.05) is 11.9 Å². The smallest absolute Gasteiger partial charge is 0.259 e. The summed E-state index contributed by atoms with van der Waals surface area (Å²) in [7, 11) is 0. The summed E-state index contributed by atoms with van der Waals surface area (Å²) >= 11 is 0. The van der Waals surface area contributed by atoms with Gasteiger partial charge >= 0.3 is 0 Å². The fourth-order valence-corrected chi connectivity index (χ4v) is 2.25. The summed E-state index contributed by atoms with van der Waals surface area (Å²) in [5.41, 5.74) is 6.66. The molecule has 23 heavy (non-hydrogen) atoms. The van der Waals surface area contributed by atoms with Crippen LogP contribution in [0.5, 0.6) is 0 Å². The van der Waals surface area contributed by atoms with Gasteiger partial charge in [-0.3, -0.25) is 4.79 Å². The second-order valence-corrected chi connectivity index (χ2v) is 5.38. The molecule has 120 valence electrons. The molecule has 0 atom stereocenters. The summed E-state index contributed by atoms with van der Waals surface area (Å²) < 4.78 is 0. The van der Waals surface area contributed by atoms with Gasteiger partial charge < -0.3 is 5.32 Å². The number of carbonyl (C=O) groups excluding carboxylic acids is 1. The first-order chi connectivity index (χ1) is 11.2. The molecule has 0 aliphatic heterocycles. The molecule has 0 aromatic heterocycles. The third-order valence-electron chi connectivity index (χ3n) is 3.49. The van der Waals surface area contributed by atoms with Crippen LogP contribution in [0, 0.1) is 6.92 Å². The lowest BCUT2D eigenvalue weighted by atomic mass is 10.1. The zero-order valence-corrected chi connectivity index (χ0v) is 13.7. The Morgan fingerprint density at radius 1 is 1.04 bits per heavy atom. The Balaban J connectivity index is 1.94. The maximum atomic E-state index is 12.0.